The van der Waals surface area contributed by atoms with Gasteiger partial charge in [-0.05, 0) is 69.4 Å². The number of pyridine rings is 1. The predicted octanol–water partition coefficient (Wildman–Crippen LogP) is 5.08. The fourth-order valence-electron chi connectivity index (χ4n) is 7.59. The maximum absolute atomic E-state index is 15.6. The lowest BCUT2D eigenvalue weighted by Crippen LogP contribution is -2.40. The number of alkyl halides is 2. The summed E-state index contributed by atoms with van der Waals surface area (Å²) in [4.78, 5) is 37.9. The third-order valence-electron chi connectivity index (χ3n) is 9.87. The number of nitrogens with one attached hydrogen (secondary N) is 1. The Hall–Kier alpha value is -4.06. The van der Waals surface area contributed by atoms with Crippen molar-refractivity contribution in [2.75, 3.05) is 7.11 Å². The van der Waals surface area contributed by atoms with Crippen molar-refractivity contribution in [1.82, 2.24) is 29.3 Å². The predicted molar refractivity (Wildman–Crippen MR) is 166 cm³/mol. The number of benzene rings is 1. The van der Waals surface area contributed by atoms with Crippen molar-refractivity contribution in [3.8, 4) is 17.3 Å². The number of imidazole rings is 1. The molecule has 3 aromatic heterocycles. The number of aromatic nitrogens is 4. The molecule has 0 aliphatic carbocycles. The number of fused-ring (bicyclic) bond motifs is 4. The molecule has 4 atom stereocenters. The van der Waals surface area contributed by atoms with Gasteiger partial charge >= 0.3 is 0 Å². The standard InChI is InChI=1S/C33H39F2N7O3/c1-18-23-10-8-19-14-26(41(30(19)38-23)17-33(34,35)12-6-4-5-7-28(43)37-18)31-39-24-13-20(15-27(45-3)29(24)40(31)2)32(44)42-21-9-11-25(42)22(36)16-21/h8,10,13-15,18,21-22,25H,4-7,9,11-12,16-17,36H2,1-3H3,(H,37,43)/t18-,21+,22-,25-/m1/s1. The highest BCUT2D eigenvalue weighted by Gasteiger charge is 2.47. The molecule has 0 spiro atoms. The lowest BCUT2D eigenvalue weighted by molar-refractivity contribution is -0.121. The summed E-state index contributed by atoms with van der Waals surface area (Å²) in [7, 11) is 3.36. The summed E-state index contributed by atoms with van der Waals surface area (Å²) >= 11 is 0. The second kappa shape index (κ2) is 11.1. The largest absolute Gasteiger partial charge is 0.494 e. The Balaban J connectivity index is 1.35. The van der Waals surface area contributed by atoms with E-state index in [1.54, 1.807) is 23.8 Å². The van der Waals surface area contributed by atoms with Crippen LogP contribution in [0, 0.1) is 0 Å². The molecule has 3 aliphatic heterocycles. The lowest BCUT2D eigenvalue weighted by Gasteiger charge is -2.23. The van der Waals surface area contributed by atoms with Gasteiger partial charge in [-0.25, -0.2) is 18.7 Å². The molecule has 45 heavy (non-hydrogen) atoms. The second-order valence-corrected chi connectivity index (χ2v) is 12.9. The van der Waals surface area contributed by atoms with Crippen molar-refractivity contribution >= 4 is 33.9 Å². The highest BCUT2D eigenvalue weighted by Crippen LogP contribution is 2.40. The van der Waals surface area contributed by atoms with E-state index < -0.39 is 12.5 Å². The van der Waals surface area contributed by atoms with Crippen molar-refractivity contribution in [2.45, 2.75) is 94.9 Å². The van der Waals surface area contributed by atoms with Crippen LogP contribution < -0.4 is 15.8 Å². The van der Waals surface area contributed by atoms with Gasteiger partial charge in [-0.2, -0.15) is 0 Å². The number of ether oxygens (including phenoxy) is 1. The summed E-state index contributed by atoms with van der Waals surface area (Å²) < 4.78 is 40.3. The van der Waals surface area contributed by atoms with Crippen molar-refractivity contribution in [2.24, 2.45) is 12.8 Å². The fourth-order valence-corrected chi connectivity index (χ4v) is 7.59. The molecule has 4 bridgehead atoms. The Morgan fingerprint density at radius 3 is 2.69 bits per heavy atom. The van der Waals surface area contributed by atoms with E-state index in [9.17, 15) is 9.59 Å². The Kier molecular flexibility index (Phi) is 7.30. The molecule has 10 nitrogen and oxygen atoms in total. The first kappa shape index (κ1) is 29.6. The van der Waals surface area contributed by atoms with E-state index >= 15 is 8.78 Å². The summed E-state index contributed by atoms with van der Waals surface area (Å²) in [5.74, 6) is -2.29. The number of nitrogens with zero attached hydrogens (tertiary/aromatic N) is 5. The van der Waals surface area contributed by atoms with E-state index in [1.807, 2.05) is 41.6 Å². The van der Waals surface area contributed by atoms with Crippen LogP contribution in [-0.2, 0) is 18.4 Å². The molecule has 0 saturated carbocycles. The third-order valence-corrected chi connectivity index (χ3v) is 9.87. The first-order valence-electron chi connectivity index (χ1n) is 15.8. The summed E-state index contributed by atoms with van der Waals surface area (Å²) in [5, 5.41) is 3.67. The average molecular weight is 620 g/mol. The first-order chi connectivity index (χ1) is 21.5. The summed E-state index contributed by atoms with van der Waals surface area (Å²) in [6.45, 7) is 1.28. The minimum absolute atomic E-state index is 0.0176. The van der Waals surface area contributed by atoms with Gasteiger partial charge in [0.2, 0.25) is 5.91 Å². The van der Waals surface area contributed by atoms with E-state index in [0.717, 1.165) is 19.3 Å². The Labute approximate surface area is 259 Å². The van der Waals surface area contributed by atoms with Gasteiger partial charge in [0, 0.05) is 49.0 Å². The van der Waals surface area contributed by atoms with E-state index in [1.165, 1.54) is 0 Å². The van der Waals surface area contributed by atoms with E-state index in [4.69, 9.17) is 20.4 Å². The molecule has 3 N–H and O–H groups in total. The number of carbonyl (C=O) groups excluding carboxylic acids is 2. The molecule has 12 heteroatoms. The molecule has 2 amide bonds. The van der Waals surface area contributed by atoms with Crippen molar-refractivity contribution in [3.63, 3.8) is 0 Å². The quantitative estimate of drug-likeness (QED) is 0.330. The number of hydrogen-bond acceptors (Lipinski definition) is 6. The number of methoxy groups -OCH3 is 1. The van der Waals surface area contributed by atoms with Crippen LogP contribution in [0.5, 0.6) is 5.75 Å². The molecule has 0 unspecified atom stereocenters. The molecule has 4 aromatic rings. The van der Waals surface area contributed by atoms with E-state index in [-0.39, 0.29) is 42.4 Å². The first-order valence-corrected chi connectivity index (χ1v) is 15.8. The van der Waals surface area contributed by atoms with Gasteiger partial charge in [-0.15, -0.1) is 0 Å². The van der Waals surface area contributed by atoms with Crippen molar-refractivity contribution in [1.29, 1.82) is 0 Å². The van der Waals surface area contributed by atoms with Gasteiger partial charge in [0.1, 0.15) is 16.9 Å². The highest BCUT2D eigenvalue weighted by atomic mass is 19.3. The molecule has 3 aliphatic rings. The van der Waals surface area contributed by atoms with Crippen LogP contribution in [0.4, 0.5) is 8.78 Å². The zero-order valence-electron chi connectivity index (χ0n) is 25.9. The smallest absolute Gasteiger partial charge is 0.265 e. The number of rotatable bonds is 3. The molecule has 238 valence electrons. The molecular weight excluding hydrogens is 580 g/mol. The monoisotopic (exact) mass is 619 g/mol. The van der Waals surface area contributed by atoms with Gasteiger partial charge in [0.05, 0.1) is 36.6 Å². The second-order valence-electron chi connectivity index (χ2n) is 12.9. The number of aryl methyl sites for hydroxylation is 1. The minimum Gasteiger partial charge on any atom is -0.494 e. The maximum Gasteiger partial charge on any atom is 0.265 e. The maximum atomic E-state index is 15.6. The molecule has 1 aromatic carbocycles. The van der Waals surface area contributed by atoms with E-state index in [0.29, 0.717) is 76.3 Å². The molecular formula is C33H39F2N7O3. The van der Waals surface area contributed by atoms with Gasteiger partial charge in [0.15, 0.2) is 5.82 Å². The molecule has 2 saturated heterocycles. The number of amides is 2. The third kappa shape index (κ3) is 5.12. The molecule has 2 fully saturated rings. The average Bonchev–Trinajstić information content (AvgIpc) is 3.75. The lowest BCUT2D eigenvalue weighted by atomic mass is 9.97. The van der Waals surface area contributed by atoms with Crippen LogP contribution in [0.1, 0.15) is 80.4 Å². The van der Waals surface area contributed by atoms with Gasteiger partial charge < -0.3 is 29.8 Å². The normalized spacial score (nSPS) is 25.2. The van der Waals surface area contributed by atoms with Crippen molar-refractivity contribution in [3.05, 3.63) is 41.6 Å². The topological polar surface area (TPSA) is 120 Å². The highest BCUT2D eigenvalue weighted by molar-refractivity contribution is 6.00. The van der Waals surface area contributed by atoms with Crippen LogP contribution in [0.15, 0.2) is 30.3 Å². The Morgan fingerprint density at radius 2 is 1.96 bits per heavy atom. The molecule has 6 heterocycles. The van der Waals surface area contributed by atoms with Crippen LogP contribution in [0.3, 0.4) is 0 Å². The van der Waals surface area contributed by atoms with Crippen LogP contribution in [-0.4, -0.2) is 67.0 Å². The number of nitrogens with two attached hydrogens (primary N) is 1. The zero-order valence-corrected chi connectivity index (χ0v) is 25.9. The van der Waals surface area contributed by atoms with Crippen LogP contribution in [0.25, 0.3) is 33.6 Å². The van der Waals surface area contributed by atoms with Gasteiger partial charge in [-0.3, -0.25) is 9.59 Å². The van der Waals surface area contributed by atoms with Gasteiger partial charge in [-0.1, -0.05) is 6.42 Å². The number of hydrogen-bond donors (Lipinski definition) is 2. The minimum atomic E-state index is -3.01. The van der Waals surface area contributed by atoms with Gasteiger partial charge in [0.25, 0.3) is 11.8 Å². The van der Waals surface area contributed by atoms with Crippen LogP contribution in [0.2, 0.25) is 0 Å². The zero-order chi connectivity index (χ0) is 31.6. The van der Waals surface area contributed by atoms with Crippen molar-refractivity contribution < 1.29 is 23.1 Å². The molecule has 0 radical (unpaired) electrons. The summed E-state index contributed by atoms with van der Waals surface area (Å²) in [5.41, 5.74) is 9.43. The van der Waals surface area contributed by atoms with E-state index in [2.05, 4.69) is 5.32 Å². The summed E-state index contributed by atoms with van der Waals surface area (Å²) in [6, 6.07) is 8.75. The Bertz CT molecular complexity index is 1810. The summed E-state index contributed by atoms with van der Waals surface area (Å²) in [6.07, 6.45) is 4.08. The molecule has 7 rings (SSSR count). The Morgan fingerprint density at radius 1 is 1.13 bits per heavy atom. The van der Waals surface area contributed by atoms with Crippen LogP contribution >= 0.6 is 0 Å². The number of carbonyl (C=O) groups is 2. The number of halogens is 2. The fraction of sp³-hybridized carbons (Fsp3) is 0.515. The SMILES string of the molecule is COc1cc(C(=O)N2[C@H]3CC[C@@H]2[C@H](N)C3)cc2nc(-c3cc4ccc5nc4n3CC(F)(F)CCCCCC(=O)N[C@@H]5C)n(C)c12.